The van der Waals surface area contributed by atoms with Crippen molar-refractivity contribution >= 4 is 35.6 Å². The lowest BCUT2D eigenvalue weighted by Gasteiger charge is -2.22. The van der Waals surface area contributed by atoms with Crippen LogP contribution in [0.1, 0.15) is 52.9 Å². The number of ether oxygens (including phenoxy) is 2. The van der Waals surface area contributed by atoms with Crippen molar-refractivity contribution in [2.45, 2.75) is 81.9 Å². The predicted octanol–water partition coefficient (Wildman–Crippen LogP) is 3.09. The number of esters is 2. The van der Waals surface area contributed by atoms with Gasteiger partial charge >= 0.3 is 18.0 Å². The van der Waals surface area contributed by atoms with Crippen LogP contribution in [0.5, 0.6) is 5.75 Å². The van der Waals surface area contributed by atoms with Crippen LogP contribution in [0.2, 0.25) is 0 Å². The van der Waals surface area contributed by atoms with Crippen LogP contribution in [0.15, 0.2) is 6.07 Å². The maximum Gasteiger partial charge on any atom is 0.334 e. The summed E-state index contributed by atoms with van der Waals surface area (Å²) in [5.41, 5.74) is -0.939. The Hall–Kier alpha value is -3.03. The monoisotopic (exact) mass is 563 g/mol. The van der Waals surface area contributed by atoms with Crippen molar-refractivity contribution < 1.29 is 46.2 Å². The number of carbonyl (C=O) groups excluding carboxylic acids is 4. The molecule has 1 aromatic rings. The average molecular weight is 564 g/mol. The highest BCUT2D eigenvalue weighted by molar-refractivity contribution is 8.00. The van der Waals surface area contributed by atoms with E-state index in [0.717, 1.165) is 12.2 Å². The topological polar surface area (TPSA) is 123 Å². The molecule has 0 saturated carbocycles. The number of rotatable bonds is 10. The van der Waals surface area contributed by atoms with E-state index < -0.39 is 64.9 Å². The van der Waals surface area contributed by atoms with Crippen molar-refractivity contribution in [3.8, 4) is 5.75 Å². The van der Waals surface area contributed by atoms with E-state index in [1.165, 1.54) is 0 Å². The van der Waals surface area contributed by atoms with Crippen molar-refractivity contribution in [1.82, 2.24) is 16.0 Å². The minimum absolute atomic E-state index is 0.0164. The van der Waals surface area contributed by atoms with Crippen LogP contribution in [-0.2, 0) is 19.1 Å². The molecule has 210 valence electrons. The number of amides is 3. The molecule has 14 heteroatoms. The van der Waals surface area contributed by atoms with E-state index in [9.17, 15) is 36.7 Å². The summed E-state index contributed by atoms with van der Waals surface area (Å²) in [6.07, 6.45) is 0.968. The first-order valence-electron chi connectivity index (χ1n) is 12.0. The zero-order chi connectivity index (χ0) is 28.2. The number of hydrogen-bond donors (Lipinski definition) is 3. The van der Waals surface area contributed by atoms with Gasteiger partial charge in [0.25, 0.3) is 0 Å². The van der Waals surface area contributed by atoms with Crippen molar-refractivity contribution in [2.75, 3.05) is 5.75 Å². The molecule has 2 saturated heterocycles. The van der Waals surface area contributed by atoms with E-state index in [0.29, 0.717) is 12.8 Å². The molecule has 3 N–H and O–H groups in total. The molecule has 0 spiro atoms. The number of urea groups is 1. The molecule has 2 aliphatic heterocycles. The lowest BCUT2D eigenvalue weighted by atomic mass is 10.0. The number of halogens is 4. The first-order valence-corrected chi connectivity index (χ1v) is 13.0. The van der Waals surface area contributed by atoms with E-state index in [1.807, 2.05) is 0 Å². The number of thioether (sulfide) groups is 1. The second kappa shape index (κ2) is 12.2. The van der Waals surface area contributed by atoms with Crippen molar-refractivity contribution in [2.24, 2.45) is 0 Å². The average Bonchev–Trinajstić information content (AvgIpc) is 3.35. The molecular formula is C24H29F4N3O6S. The van der Waals surface area contributed by atoms with Gasteiger partial charge in [-0.25, -0.2) is 18.4 Å². The first-order chi connectivity index (χ1) is 17.7. The van der Waals surface area contributed by atoms with Crippen LogP contribution >= 0.6 is 11.8 Å². The van der Waals surface area contributed by atoms with Gasteiger partial charge in [0, 0.05) is 23.5 Å². The van der Waals surface area contributed by atoms with E-state index in [1.54, 1.807) is 32.5 Å². The predicted molar refractivity (Wildman–Crippen MR) is 128 cm³/mol. The highest BCUT2D eigenvalue weighted by Gasteiger charge is 2.42. The normalized spacial score (nSPS) is 21.2. The highest BCUT2D eigenvalue weighted by Crippen LogP contribution is 2.33. The number of carbonyl (C=O) groups is 4. The van der Waals surface area contributed by atoms with Crippen LogP contribution in [0.25, 0.3) is 0 Å². The van der Waals surface area contributed by atoms with Gasteiger partial charge < -0.3 is 25.4 Å². The summed E-state index contributed by atoms with van der Waals surface area (Å²) in [5, 5.41) is 8.18. The molecule has 0 aliphatic carbocycles. The summed E-state index contributed by atoms with van der Waals surface area (Å²) in [6.45, 7) is 4.69. The molecule has 3 rings (SSSR count). The summed E-state index contributed by atoms with van der Waals surface area (Å²) >= 11 is 1.72. The van der Waals surface area contributed by atoms with Gasteiger partial charge in [-0.2, -0.15) is 20.5 Å². The fourth-order valence-electron chi connectivity index (χ4n) is 4.10. The SMILES string of the molecule is CC(C)(C)OC(=O)CC(NC(=O)CCCCC1SCC2NC(=O)NC21)C(=O)Oc1c(F)c(F)cc(F)c1F. The van der Waals surface area contributed by atoms with Gasteiger partial charge in [0.1, 0.15) is 11.6 Å². The van der Waals surface area contributed by atoms with Crippen LogP contribution in [0.3, 0.4) is 0 Å². The summed E-state index contributed by atoms with van der Waals surface area (Å²) in [6, 6.07) is -1.91. The minimum Gasteiger partial charge on any atom is -0.460 e. The molecule has 9 nitrogen and oxygen atoms in total. The van der Waals surface area contributed by atoms with Gasteiger partial charge in [-0.05, 0) is 33.6 Å². The number of benzene rings is 1. The summed E-state index contributed by atoms with van der Waals surface area (Å²) in [7, 11) is 0. The van der Waals surface area contributed by atoms with E-state index in [2.05, 4.69) is 20.7 Å². The van der Waals surface area contributed by atoms with Gasteiger partial charge in [-0.1, -0.05) is 6.42 Å². The zero-order valence-electron chi connectivity index (χ0n) is 21.0. The van der Waals surface area contributed by atoms with Crippen LogP contribution in [0, 0.1) is 23.3 Å². The summed E-state index contributed by atoms with van der Waals surface area (Å²) in [5.74, 6) is -11.4. The van der Waals surface area contributed by atoms with Crippen LogP contribution < -0.4 is 20.7 Å². The third kappa shape index (κ3) is 7.74. The molecule has 4 atom stereocenters. The molecule has 2 fully saturated rings. The number of hydrogen-bond acceptors (Lipinski definition) is 7. The van der Waals surface area contributed by atoms with Crippen molar-refractivity contribution in [3.05, 3.63) is 29.3 Å². The van der Waals surface area contributed by atoms with Gasteiger partial charge in [-0.3, -0.25) is 9.59 Å². The van der Waals surface area contributed by atoms with Gasteiger partial charge in [0.15, 0.2) is 11.6 Å². The standard InChI is InChI=1S/C24H29F4N3O6S/c1-24(2,3)37-17(33)9-13(22(34)36-21-18(27)11(25)8-12(26)19(21)28)29-16(32)7-5-4-6-15-20-14(10-38-15)30-23(35)31-20/h8,13-15,20H,4-7,9-10H2,1-3H3,(H,29,32)(H2,30,31,35). The molecule has 2 aliphatic rings. The van der Waals surface area contributed by atoms with Gasteiger partial charge in [0.05, 0.1) is 18.5 Å². The summed E-state index contributed by atoms with van der Waals surface area (Å²) in [4.78, 5) is 48.9. The molecule has 0 radical (unpaired) electrons. The number of fused-ring (bicyclic) bond motifs is 1. The lowest BCUT2D eigenvalue weighted by Crippen LogP contribution is -2.45. The smallest absolute Gasteiger partial charge is 0.334 e. The Balaban J connectivity index is 1.59. The first kappa shape index (κ1) is 29.5. The quantitative estimate of drug-likeness (QED) is 0.0999. The molecule has 0 bridgehead atoms. The largest absolute Gasteiger partial charge is 0.460 e. The number of nitrogens with one attached hydrogen (secondary N) is 3. The van der Waals surface area contributed by atoms with Crippen LogP contribution in [-0.4, -0.2) is 58.6 Å². The molecule has 4 unspecified atom stereocenters. The summed E-state index contributed by atoms with van der Waals surface area (Å²) < 4.78 is 64.7. The van der Waals surface area contributed by atoms with Gasteiger partial charge in [-0.15, -0.1) is 0 Å². The van der Waals surface area contributed by atoms with Crippen LogP contribution in [0.4, 0.5) is 22.4 Å². The van der Waals surface area contributed by atoms with Crippen molar-refractivity contribution in [1.29, 1.82) is 0 Å². The molecule has 3 amide bonds. The third-order valence-corrected chi connectivity index (χ3v) is 7.27. The lowest BCUT2D eigenvalue weighted by molar-refractivity contribution is -0.158. The van der Waals surface area contributed by atoms with Crippen molar-refractivity contribution in [3.63, 3.8) is 0 Å². The second-order valence-electron chi connectivity index (χ2n) is 10.00. The molecule has 38 heavy (non-hydrogen) atoms. The second-order valence-corrected chi connectivity index (χ2v) is 11.3. The highest BCUT2D eigenvalue weighted by atomic mass is 32.2. The Labute approximate surface area is 220 Å². The van der Waals surface area contributed by atoms with Gasteiger partial charge in [0.2, 0.25) is 23.3 Å². The third-order valence-electron chi connectivity index (χ3n) is 5.77. The minimum atomic E-state index is -1.94. The Morgan fingerprint density at radius 3 is 2.39 bits per heavy atom. The van der Waals surface area contributed by atoms with E-state index in [4.69, 9.17) is 4.74 Å². The molecule has 2 heterocycles. The fraction of sp³-hybridized carbons (Fsp3) is 0.583. The Kier molecular flexibility index (Phi) is 9.49. The Morgan fingerprint density at radius 2 is 1.76 bits per heavy atom. The zero-order valence-corrected chi connectivity index (χ0v) is 21.8. The molecule has 0 aromatic heterocycles. The van der Waals surface area contributed by atoms with E-state index in [-0.39, 0.29) is 35.9 Å². The molecule has 1 aromatic carbocycles. The van der Waals surface area contributed by atoms with E-state index >= 15 is 0 Å². The fourth-order valence-corrected chi connectivity index (χ4v) is 5.64. The Morgan fingerprint density at radius 1 is 1.11 bits per heavy atom. The molecular weight excluding hydrogens is 534 g/mol. The number of unbranched alkanes of at least 4 members (excludes halogenated alkanes) is 1. The maximum atomic E-state index is 14.0. The Bertz CT molecular complexity index is 1070. The maximum absolute atomic E-state index is 14.0.